The monoisotopic (exact) mass is 351 g/mol. The van der Waals surface area contributed by atoms with Gasteiger partial charge in [0.25, 0.3) is 0 Å². The summed E-state index contributed by atoms with van der Waals surface area (Å²) in [5.74, 6) is -0.746. The van der Waals surface area contributed by atoms with Gasteiger partial charge >= 0.3 is 12.1 Å². The second-order valence-electron chi connectivity index (χ2n) is 6.98. The fourth-order valence-corrected chi connectivity index (χ4v) is 3.88. The zero-order valence-corrected chi connectivity index (χ0v) is 14.4. The summed E-state index contributed by atoms with van der Waals surface area (Å²) >= 11 is 0. The number of amides is 1. The van der Waals surface area contributed by atoms with Crippen LogP contribution in [0.1, 0.15) is 29.9 Å². The van der Waals surface area contributed by atoms with E-state index >= 15 is 0 Å². The van der Waals surface area contributed by atoms with Crippen molar-refractivity contribution in [3.05, 3.63) is 59.7 Å². The molecule has 0 aromatic heterocycles. The molecule has 1 fully saturated rings. The molecule has 5 heteroatoms. The number of carboxylic acid groups (broad SMARTS) is 1. The van der Waals surface area contributed by atoms with Gasteiger partial charge in [-0.3, -0.25) is 4.79 Å². The molecule has 134 valence electrons. The van der Waals surface area contributed by atoms with Crippen LogP contribution in [0.3, 0.4) is 0 Å². The second-order valence-corrected chi connectivity index (χ2v) is 6.98. The topological polar surface area (TPSA) is 75.6 Å². The molecule has 26 heavy (non-hydrogen) atoms. The number of hydrogen-bond donors (Lipinski definition) is 2. The molecule has 2 aliphatic rings. The van der Waals surface area contributed by atoms with E-state index in [-0.39, 0.29) is 17.8 Å². The Hall–Kier alpha value is -2.82. The van der Waals surface area contributed by atoms with Crippen LogP contribution in [0.15, 0.2) is 48.5 Å². The molecule has 0 aliphatic heterocycles. The molecular weight excluding hydrogens is 330 g/mol. The molecule has 0 spiro atoms. The number of hydrogen-bond acceptors (Lipinski definition) is 3. The second kappa shape index (κ2) is 6.83. The van der Waals surface area contributed by atoms with Crippen LogP contribution in [0.5, 0.6) is 0 Å². The van der Waals surface area contributed by atoms with Gasteiger partial charge in [0.05, 0.1) is 5.92 Å². The van der Waals surface area contributed by atoms with E-state index in [1.165, 1.54) is 22.3 Å². The third-order valence-corrected chi connectivity index (χ3v) is 5.37. The van der Waals surface area contributed by atoms with Crippen LogP contribution in [0.2, 0.25) is 0 Å². The molecule has 0 saturated heterocycles. The maximum atomic E-state index is 12.0. The minimum atomic E-state index is -0.740. The van der Waals surface area contributed by atoms with Gasteiger partial charge in [0, 0.05) is 12.5 Å². The van der Waals surface area contributed by atoms with Crippen molar-refractivity contribution < 1.29 is 19.4 Å². The van der Waals surface area contributed by atoms with E-state index in [1.54, 1.807) is 0 Å². The quantitative estimate of drug-likeness (QED) is 0.833. The number of rotatable bonds is 6. The van der Waals surface area contributed by atoms with E-state index < -0.39 is 12.1 Å². The summed E-state index contributed by atoms with van der Waals surface area (Å²) in [5, 5.41) is 11.6. The summed E-state index contributed by atoms with van der Waals surface area (Å²) in [6.07, 6.45) is 0.947. The van der Waals surface area contributed by atoms with Crippen LogP contribution in [-0.4, -0.2) is 30.3 Å². The Kier molecular flexibility index (Phi) is 4.37. The lowest BCUT2D eigenvalue weighted by molar-refractivity contribution is -0.138. The van der Waals surface area contributed by atoms with Gasteiger partial charge in [-0.25, -0.2) is 4.79 Å². The third kappa shape index (κ3) is 3.17. The zero-order valence-electron chi connectivity index (χ0n) is 14.4. The van der Waals surface area contributed by atoms with Gasteiger partial charge in [0.2, 0.25) is 0 Å². The Morgan fingerprint density at radius 2 is 1.65 bits per heavy atom. The van der Waals surface area contributed by atoms with Crippen molar-refractivity contribution in [2.75, 3.05) is 13.2 Å². The van der Waals surface area contributed by atoms with Crippen molar-refractivity contribution in [3.63, 3.8) is 0 Å². The van der Waals surface area contributed by atoms with Crippen LogP contribution in [0.25, 0.3) is 11.1 Å². The van der Waals surface area contributed by atoms with Crippen molar-refractivity contribution in [2.45, 2.75) is 18.8 Å². The van der Waals surface area contributed by atoms with Crippen molar-refractivity contribution >= 4 is 12.1 Å². The fraction of sp³-hybridized carbons (Fsp3) is 0.333. The van der Waals surface area contributed by atoms with Crippen molar-refractivity contribution in [3.8, 4) is 11.1 Å². The van der Waals surface area contributed by atoms with E-state index in [1.807, 2.05) is 24.3 Å². The predicted molar refractivity (Wildman–Crippen MR) is 96.9 cm³/mol. The average molecular weight is 351 g/mol. The van der Waals surface area contributed by atoms with Crippen LogP contribution in [0, 0.1) is 11.8 Å². The summed E-state index contributed by atoms with van der Waals surface area (Å²) in [6.45, 7) is 0.742. The van der Waals surface area contributed by atoms with Gasteiger partial charge in [-0.1, -0.05) is 48.5 Å². The summed E-state index contributed by atoms with van der Waals surface area (Å²) in [5.41, 5.74) is 4.77. The molecular formula is C21H21NO4. The molecule has 2 aromatic rings. The SMILES string of the molecule is O=C(NCC[C@@H]1C[C@H]1C(=O)O)OCC1c2ccccc2-c2ccccc21. The number of carbonyl (C=O) groups excluding carboxylic acids is 1. The van der Waals surface area contributed by atoms with E-state index in [2.05, 4.69) is 29.6 Å². The molecule has 2 atom stereocenters. The minimum Gasteiger partial charge on any atom is -0.481 e. The first-order valence-electron chi connectivity index (χ1n) is 8.97. The lowest BCUT2D eigenvalue weighted by Crippen LogP contribution is -2.27. The first kappa shape index (κ1) is 16.6. The van der Waals surface area contributed by atoms with Gasteiger partial charge in [-0.15, -0.1) is 0 Å². The minimum absolute atomic E-state index is 0.0490. The predicted octanol–water partition coefficient (Wildman–Crippen LogP) is 3.64. The Bertz CT molecular complexity index is 802. The number of nitrogens with one attached hydrogen (secondary N) is 1. The first-order chi connectivity index (χ1) is 12.6. The molecule has 4 rings (SSSR count). The van der Waals surface area contributed by atoms with Gasteiger partial charge in [-0.05, 0) is 41.0 Å². The highest BCUT2D eigenvalue weighted by atomic mass is 16.5. The first-order valence-corrected chi connectivity index (χ1v) is 8.97. The highest BCUT2D eigenvalue weighted by Crippen LogP contribution is 2.44. The Morgan fingerprint density at radius 1 is 1.04 bits per heavy atom. The molecule has 2 aliphatic carbocycles. The molecule has 0 bridgehead atoms. The number of fused-ring (bicyclic) bond motifs is 3. The number of aliphatic carboxylic acids is 1. The molecule has 5 nitrogen and oxygen atoms in total. The number of carbonyl (C=O) groups is 2. The lowest BCUT2D eigenvalue weighted by Gasteiger charge is -2.14. The maximum Gasteiger partial charge on any atom is 0.407 e. The molecule has 1 amide bonds. The summed E-state index contributed by atoms with van der Waals surface area (Å²) < 4.78 is 5.45. The molecule has 0 unspecified atom stereocenters. The van der Waals surface area contributed by atoms with Crippen molar-refractivity contribution in [1.82, 2.24) is 5.32 Å². The Labute approximate surface area is 152 Å². The van der Waals surface area contributed by atoms with Gasteiger partial charge in [0.1, 0.15) is 6.61 Å². The van der Waals surface area contributed by atoms with Crippen LogP contribution in [-0.2, 0) is 9.53 Å². The number of benzene rings is 2. The highest BCUT2D eigenvalue weighted by molar-refractivity contribution is 5.79. The van der Waals surface area contributed by atoms with Crippen molar-refractivity contribution in [2.24, 2.45) is 11.8 Å². The van der Waals surface area contributed by atoms with E-state index in [0.29, 0.717) is 26.0 Å². The lowest BCUT2D eigenvalue weighted by atomic mass is 9.98. The molecule has 2 aromatic carbocycles. The van der Waals surface area contributed by atoms with E-state index in [4.69, 9.17) is 9.84 Å². The third-order valence-electron chi connectivity index (χ3n) is 5.37. The molecule has 0 radical (unpaired) electrons. The molecule has 1 saturated carbocycles. The number of ether oxygens (including phenoxy) is 1. The Morgan fingerprint density at radius 3 is 2.23 bits per heavy atom. The highest BCUT2D eigenvalue weighted by Gasteiger charge is 2.42. The zero-order chi connectivity index (χ0) is 18.1. The summed E-state index contributed by atoms with van der Waals surface area (Å²) in [6, 6.07) is 16.4. The van der Waals surface area contributed by atoms with Crippen LogP contribution >= 0.6 is 0 Å². The van der Waals surface area contributed by atoms with Gasteiger partial charge in [-0.2, -0.15) is 0 Å². The summed E-state index contributed by atoms with van der Waals surface area (Å²) in [4.78, 5) is 22.8. The number of alkyl carbamates (subject to hydrolysis) is 1. The average Bonchev–Trinajstić information content (AvgIpc) is 3.36. The normalized spacial score (nSPS) is 20.2. The standard InChI is InChI=1S/C21H21NO4/c23-20(24)18-11-13(18)9-10-22-21(25)26-12-19-16-7-3-1-5-14(16)15-6-2-4-8-17(15)19/h1-8,13,18-19H,9-12H2,(H,22,25)(H,23,24)/t13-,18-/m1/s1. The maximum absolute atomic E-state index is 12.0. The smallest absolute Gasteiger partial charge is 0.407 e. The largest absolute Gasteiger partial charge is 0.481 e. The van der Waals surface area contributed by atoms with Crippen molar-refractivity contribution in [1.29, 1.82) is 0 Å². The van der Waals surface area contributed by atoms with Gasteiger partial charge in [0.15, 0.2) is 0 Å². The van der Waals surface area contributed by atoms with Crippen LogP contribution < -0.4 is 5.32 Å². The fourth-order valence-electron chi connectivity index (χ4n) is 3.88. The van der Waals surface area contributed by atoms with Crippen LogP contribution in [0.4, 0.5) is 4.79 Å². The molecule has 2 N–H and O–H groups in total. The summed E-state index contributed by atoms with van der Waals surface area (Å²) in [7, 11) is 0. The van der Waals surface area contributed by atoms with E-state index in [0.717, 1.165) is 0 Å². The van der Waals surface area contributed by atoms with Gasteiger partial charge < -0.3 is 15.2 Å². The van der Waals surface area contributed by atoms with E-state index in [9.17, 15) is 9.59 Å². The number of carboxylic acids is 1. The molecule has 0 heterocycles. The Balaban J connectivity index is 1.32.